The Morgan fingerprint density at radius 1 is 1.06 bits per heavy atom. The van der Waals surface area contributed by atoms with E-state index in [4.69, 9.17) is 0 Å². The highest BCUT2D eigenvalue weighted by Gasteiger charge is 2.39. The topological polar surface area (TPSA) is 95.2 Å². The van der Waals surface area contributed by atoms with Gasteiger partial charge in [0.15, 0.2) is 0 Å². The molecule has 168 valence electrons. The molecule has 0 saturated carbocycles. The molecule has 2 heterocycles. The second kappa shape index (κ2) is 8.42. The van der Waals surface area contributed by atoms with Crippen LogP contribution in [0.4, 0.5) is 10.1 Å². The maximum absolute atomic E-state index is 13.2. The fourth-order valence-electron chi connectivity index (χ4n) is 4.09. The summed E-state index contributed by atoms with van der Waals surface area (Å²) in [6.07, 6.45) is 0.979. The normalized spacial score (nSPS) is 16.8. The lowest BCUT2D eigenvalue weighted by Crippen LogP contribution is -2.43. The number of para-hydroxylation sites is 2. The summed E-state index contributed by atoms with van der Waals surface area (Å²) < 4.78 is 40.5. The van der Waals surface area contributed by atoms with E-state index in [9.17, 15) is 17.6 Å². The van der Waals surface area contributed by atoms with Gasteiger partial charge >= 0.3 is 0 Å². The van der Waals surface area contributed by atoms with Crippen LogP contribution in [0.3, 0.4) is 0 Å². The lowest BCUT2D eigenvalue weighted by Gasteiger charge is -2.23. The summed E-state index contributed by atoms with van der Waals surface area (Å²) in [6.45, 7) is 0.233. The third-order valence-electron chi connectivity index (χ3n) is 5.72. The zero-order chi connectivity index (χ0) is 23.0. The molecule has 0 spiro atoms. The highest BCUT2D eigenvalue weighted by molar-refractivity contribution is 7.89. The molecule has 0 radical (unpaired) electrons. The van der Waals surface area contributed by atoms with E-state index in [-0.39, 0.29) is 11.4 Å². The van der Waals surface area contributed by atoms with Crippen molar-refractivity contribution in [3.63, 3.8) is 0 Å². The molecule has 1 fully saturated rings. The number of hydrogen-bond donors (Lipinski definition) is 2. The van der Waals surface area contributed by atoms with E-state index < -0.39 is 27.8 Å². The van der Waals surface area contributed by atoms with Crippen LogP contribution in [0.25, 0.3) is 22.4 Å². The summed E-state index contributed by atoms with van der Waals surface area (Å²) in [5.74, 6) is -0.248. The molecule has 4 aromatic rings. The van der Waals surface area contributed by atoms with Crippen molar-refractivity contribution in [1.82, 2.24) is 14.3 Å². The van der Waals surface area contributed by atoms with E-state index in [0.717, 1.165) is 28.7 Å². The number of hydrogen-bond acceptors (Lipinski definition) is 4. The molecule has 0 bridgehead atoms. The Hall–Kier alpha value is -3.56. The van der Waals surface area contributed by atoms with Crippen LogP contribution in [-0.4, -0.2) is 41.2 Å². The fourth-order valence-corrected chi connectivity index (χ4v) is 5.75. The van der Waals surface area contributed by atoms with E-state index in [2.05, 4.69) is 15.3 Å². The molecule has 9 heteroatoms. The number of benzene rings is 3. The lowest BCUT2D eigenvalue weighted by atomic mass is 10.1. The number of anilines is 1. The zero-order valence-electron chi connectivity index (χ0n) is 17.5. The first-order chi connectivity index (χ1) is 15.9. The summed E-state index contributed by atoms with van der Waals surface area (Å²) in [5.41, 5.74) is 3.10. The van der Waals surface area contributed by atoms with Crippen molar-refractivity contribution in [2.24, 2.45) is 0 Å². The number of sulfonamides is 1. The number of carbonyl (C=O) groups is 1. The Bertz CT molecular complexity index is 1400. The van der Waals surface area contributed by atoms with Crippen LogP contribution in [0, 0.1) is 5.82 Å². The molecule has 1 amide bonds. The highest BCUT2D eigenvalue weighted by atomic mass is 32.2. The number of nitrogens with one attached hydrogen (secondary N) is 2. The minimum absolute atomic E-state index is 0.0320. The zero-order valence-corrected chi connectivity index (χ0v) is 18.3. The predicted molar refractivity (Wildman–Crippen MR) is 123 cm³/mol. The van der Waals surface area contributed by atoms with Gasteiger partial charge in [0.05, 0.1) is 15.9 Å². The SMILES string of the molecule is O=C(Nc1cccc(-c2nc3ccccc3[nH]2)c1)C1CCCN1S(=O)(=O)c1ccc(F)cc1. The maximum atomic E-state index is 13.2. The van der Waals surface area contributed by atoms with E-state index in [1.165, 1.54) is 16.4 Å². The van der Waals surface area contributed by atoms with Gasteiger partial charge in [0.2, 0.25) is 15.9 Å². The number of aromatic nitrogens is 2. The molecule has 7 nitrogen and oxygen atoms in total. The number of H-pyrrole nitrogens is 1. The highest BCUT2D eigenvalue weighted by Crippen LogP contribution is 2.28. The van der Waals surface area contributed by atoms with Gasteiger partial charge in [0, 0.05) is 17.8 Å². The molecule has 5 rings (SSSR count). The second-order valence-corrected chi connectivity index (χ2v) is 9.79. The average Bonchev–Trinajstić information content (AvgIpc) is 3.47. The van der Waals surface area contributed by atoms with Crippen molar-refractivity contribution >= 4 is 32.7 Å². The molecule has 1 saturated heterocycles. The van der Waals surface area contributed by atoms with E-state index in [1.807, 2.05) is 30.3 Å². The average molecular weight is 465 g/mol. The Kier molecular flexibility index (Phi) is 5.43. The van der Waals surface area contributed by atoms with Gasteiger partial charge in [0.1, 0.15) is 17.7 Å². The molecule has 33 heavy (non-hydrogen) atoms. The summed E-state index contributed by atoms with van der Waals surface area (Å²) in [6, 6.07) is 18.7. The van der Waals surface area contributed by atoms with Crippen LogP contribution in [0.5, 0.6) is 0 Å². The fraction of sp³-hybridized carbons (Fsp3) is 0.167. The number of rotatable bonds is 5. The van der Waals surface area contributed by atoms with Crippen LogP contribution < -0.4 is 5.32 Å². The van der Waals surface area contributed by atoms with Crippen LogP contribution in [-0.2, 0) is 14.8 Å². The van der Waals surface area contributed by atoms with Gasteiger partial charge < -0.3 is 10.3 Å². The lowest BCUT2D eigenvalue weighted by molar-refractivity contribution is -0.119. The molecule has 1 aliphatic rings. The predicted octanol–water partition coefficient (Wildman–Crippen LogP) is 4.16. The summed E-state index contributed by atoms with van der Waals surface area (Å²) in [4.78, 5) is 20.9. The molecule has 1 atom stereocenters. The summed E-state index contributed by atoms with van der Waals surface area (Å²) in [5, 5.41) is 2.84. The van der Waals surface area contributed by atoms with Crippen molar-refractivity contribution in [2.75, 3.05) is 11.9 Å². The van der Waals surface area contributed by atoms with Crippen molar-refractivity contribution in [3.8, 4) is 11.4 Å². The van der Waals surface area contributed by atoms with Crippen molar-refractivity contribution < 1.29 is 17.6 Å². The van der Waals surface area contributed by atoms with Crippen LogP contribution in [0.15, 0.2) is 77.7 Å². The number of amides is 1. The Morgan fingerprint density at radius 2 is 1.85 bits per heavy atom. The van der Waals surface area contributed by atoms with E-state index in [0.29, 0.717) is 24.4 Å². The van der Waals surface area contributed by atoms with E-state index in [1.54, 1.807) is 18.2 Å². The second-order valence-electron chi connectivity index (χ2n) is 7.90. The summed E-state index contributed by atoms with van der Waals surface area (Å²) in [7, 11) is -3.92. The molecule has 3 aromatic carbocycles. The van der Waals surface area contributed by atoms with Gasteiger partial charge in [-0.25, -0.2) is 17.8 Å². The van der Waals surface area contributed by atoms with Crippen molar-refractivity contribution in [3.05, 3.63) is 78.6 Å². The summed E-state index contributed by atoms with van der Waals surface area (Å²) >= 11 is 0. The minimum atomic E-state index is -3.92. The Labute approximate surface area is 190 Å². The van der Waals surface area contributed by atoms with Gasteiger partial charge in [-0.1, -0.05) is 24.3 Å². The molecule has 1 aromatic heterocycles. The van der Waals surface area contributed by atoms with Gasteiger partial charge in [-0.15, -0.1) is 0 Å². The number of aromatic amines is 1. The number of nitrogens with zero attached hydrogens (tertiary/aromatic N) is 2. The maximum Gasteiger partial charge on any atom is 0.243 e. The first-order valence-corrected chi connectivity index (χ1v) is 12.0. The quantitative estimate of drug-likeness (QED) is 0.464. The van der Waals surface area contributed by atoms with Crippen LogP contribution in [0.2, 0.25) is 0 Å². The van der Waals surface area contributed by atoms with Crippen molar-refractivity contribution in [1.29, 1.82) is 0 Å². The Morgan fingerprint density at radius 3 is 2.64 bits per heavy atom. The molecular weight excluding hydrogens is 443 g/mol. The van der Waals surface area contributed by atoms with Gasteiger partial charge in [-0.3, -0.25) is 4.79 Å². The third-order valence-corrected chi connectivity index (χ3v) is 7.64. The van der Waals surface area contributed by atoms with Gasteiger partial charge in [-0.05, 0) is 61.4 Å². The van der Waals surface area contributed by atoms with Crippen LogP contribution >= 0.6 is 0 Å². The number of halogens is 1. The standard InChI is InChI=1S/C24H21FN4O3S/c25-17-10-12-19(13-11-17)33(31,32)29-14-4-9-22(29)24(30)26-18-6-3-5-16(15-18)23-27-20-7-1-2-8-21(20)28-23/h1-3,5-8,10-13,15,22H,4,9,14H2,(H,26,30)(H,27,28). The number of carbonyl (C=O) groups excluding carboxylic acids is 1. The third kappa shape index (κ3) is 4.12. The number of fused-ring (bicyclic) bond motifs is 1. The molecular formula is C24H21FN4O3S. The number of imidazole rings is 1. The molecule has 1 aliphatic heterocycles. The molecule has 1 unspecified atom stereocenters. The largest absolute Gasteiger partial charge is 0.338 e. The minimum Gasteiger partial charge on any atom is -0.338 e. The smallest absolute Gasteiger partial charge is 0.243 e. The first kappa shape index (κ1) is 21.3. The van der Waals surface area contributed by atoms with Crippen LogP contribution in [0.1, 0.15) is 12.8 Å². The van der Waals surface area contributed by atoms with Gasteiger partial charge in [-0.2, -0.15) is 4.31 Å². The first-order valence-electron chi connectivity index (χ1n) is 10.6. The Balaban J connectivity index is 1.37. The van der Waals surface area contributed by atoms with Crippen molar-refractivity contribution in [2.45, 2.75) is 23.8 Å². The molecule has 2 N–H and O–H groups in total. The van der Waals surface area contributed by atoms with Gasteiger partial charge in [0.25, 0.3) is 0 Å². The monoisotopic (exact) mass is 464 g/mol. The van der Waals surface area contributed by atoms with E-state index >= 15 is 0 Å². The molecule has 0 aliphatic carbocycles.